The van der Waals surface area contributed by atoms with E-state index in [1.54, 1.807) is 0 Å². The smallest absolute Gasteiger partial charge is 0.0107 e. The topological polar surface area (TPSA) is 6.48 Å². The molecule has 0 saturated carbocycles. The van der Waals surface area contributed by atoms with E-state index >= 15 is 0 Å². The van der Waals surface area contributed by atoms with Crippen LogP contribution < -0.4 is 0 Å². The summed E-state index contributed by atoms with van der Waals surface area (Å²) in [5, 5.41) is 0. The molecule has 0 rings (SSSR count). The quantitative estimate of drug-likeness (QED) is 0.616. The molecule has 0 heterocycles. The van der Waals surface area contributed by atoms with Crippen LogP contribution in [-0.2, 0) is 0 Å². The van der Waals surface area contributed by atoms with Crippen LogP contribution in [0.5, 0.6) is 0 Å². The van der Waals surface area contributed by atoms with Gasteiger partial charge in [-0.2, -0.15) is 24.4 Å². The number of thiol groups is 1. The summed E-state index contributed by atoms with van der Waals surface area (Å²) < 4.78 is 0. The molecule has 2 nitrogen and oxygen atoms in total. The number of likely N-dealkylation sites (N-methyl/N-ethyl adjacent to an activating group) is 2. The lowest BCUT2D eigenvalue weighted by Crippen LogP contribution is -2.32. The van der Waals surface area contributed by atoms with Gasteiger partial charge in [-0.05, 0) is 20.4 Å². The molecule has 0 unspecified atom stereocenters. The fourth-order valence-electron chi connectivity index (χ4n) is 0.983. The maximum atomic E-state index is 4.20. The zero-order valence-electron chi connectivity index (χ0n) is 8.99. The van der Waals surface area contributed by atoms with Crippen molar-refractivity contribution >= 4 is 24.4 Å². The summed E-state index contributed by atoms with van der Waals surface area (Å²) in [6, 6.07) is 0. The Kier molecular flexibility index (Phi) is 9.62. The minimum atomic E-state index is 0.949. The predicted octanol–water partition coefficient (Wildman–Crippen LogP) is 1.14. The lowest BCUT2D eigenvalue weighted by Gasteiger charge is -2.20. The van der Waals surface area contributed by atoms with Crippen molar-refractivity contribution in [3.8, 4) is 0 Å². The Hall–Kier alpha value is 0.620. The van der Waals surface area contributed by atoms with Crippen LogP contribution in [0.3, 0.4) is 0 Å². The minimum Gasteiger partial charge on any atom is -0.304 e. The number of thioether (sulfide) groups is 1. The molecule has 0 spiro atoms. The van der Waals surface area contributed by atoms with Crippen molar-refractivity contribution in [3.05, 3.63) is 0 Å². The molecule has 0 saturated heterocycles. The highest BCUT2D eigenvalue weighted by molar-refractivity contribution is 7.98. The van der Waals surface area contributed by atoms with Crippen LogP contribution in [0.2, 0.25) is 0 Å². The van der Waals surface area contributed by atoms with Crippen LogP contribution in [0.15, 0.2) is 0 Å². The van der Waals surface area contributed by atoms with Gasteiger partial charge in [0.25, 0.3) is 0 Å². The van der Waals surface area contributed by atoms with Crippen LogP contribution in [0.4, 0.5) is 0 Å². The molecule has 0 aromatic rings. The third kappa shape index (κ3) is 8.94. The van der Waals surface area contributed by atoms with Gasteiger partial charge in [0.05, 0.1) is 0 Å². The first-order valence-corrected chi connectivity index (χ1v) is 6.70. The first-order chi connectivity index (χ1) is 6.20. The van der Waals surface area contributed by atoms with E-state index in [1.807, 2.05) is 11.8 Å². The van der Waals surface area contributed by atoms with Crippen LogP contribution >= 0.6 is 24.4 Å². The average molecular weight is 222 g/mol. The molecule has 0 radical (unpaired) electrons. The second-order valence-corrected chi connectivity index (χ2v) is 4.76. The van der Waals surface area contributed by atoms with Crippen molar-refractivity contribution in [3.63, 3.8) is 0 Å². The van der Waals surface area contributed by atoms with Crippen LogP contribution in [0.1, 0.15) is 0 Å². The van der Waals surface area contributed by atoms with Crippen LogP contribution in [-0.4, -0.2) is 67.8 Å². The lowest BCUT2D eigenvalue weighted by molar-refractivity contribution is 0.274. The summed E-state index contributed by atoms with van der Waals surface area (Å²) in [5.41, 5.74) is 0. The molecular weight excluding hydrogens is 200 g/mol. The molecule has 0 amide bonds. The minimum absolute atomic E-state index is 0.949. The summed E-state index contributed by atoms with van der Waals surface area (Å²) >= 11 is 6.11. The van der Waals surface area contributed by atoms with Gasteiger partial charge in [0.1, 0.15) is 0 Å². The van der Waals surface area contributed by atoms with Gasteiger partial charge in [0.15, 0.2) is 0 Å². The van der Waals surface area contributed by atoms with Crippen molar-refractivity contribution in [2.75, 3.05) is 58.0 Å². The van der Waals surface area contributed by atoms with E-state index in [-0.39, 0.29) is 0 Å². The highest BCUT2D eigenvalue weighted by Crippen LogP contribution is 1.93. The van der Waals surface area contributed by atoms with E-state index < -0.39 is 0 Å². The molecule has 0 aliphatic heterocycles. The number of rotatable bonds is 8. The van der Waals surface area contributed by atoms with Gasteiger partial charge >= 0.3 is 0 Å². The normalized spacial score (nSPS) is 11.5. The van der Waals surface area contributed by atoms with Crippen molar-refractivity contribution in [2.45, 2.75) is 0 Å². The van der Waals surface area contributed by atoms with Crippen molar-refractivity contribution in [1.29, 1.82) is 0 Å². The van der Waals surface area contributed by atoms with Gasteiger partial charge in [-0.15, -0.1) is 0 Å². The summed E-state index contributed by atoms with van der Waals surface area (Å²) in [7, 11) is 4.34. The van der Waals surface area contributed by atoms with Gasteiger partial charge in [0.2, 0.25) is 0 Å². The number of hydrogen-bond acceptors (Lipinski definition) is 4. The second-order valence-electron chi connectivity index (χ2n) is 3.32. The third-order valence-electron chi connectivity index (χ3n) is 2.02. The highest BCUT2D eigenvalue weighted by atomic mass is 32.2. The Morgan fingerprint density at radius 1 is 1.00 bits per heavy atom. The first-order valence-electron chi connectivity index (χ1n) is 4.67. The van der Waals surface area contributed by atoms with E-state index in [0.29, 0.717) is 0 Å². The zero-order chi connectivity index (χ0) is 10.1. The molecule has 0 aliphatic carbocycles. The monoisotopic (exact) mass is 222 g/mol. The van der Waals surface area contributed by atoms with E-state index in [0.717, 1.165) is 25.4 Å². The van der Waals surface area contributed by atoms with Crippen LogP contribution in [0.25, 0.3) is 0 Å². The Balaban J connectivity index is 3.29. The van der Waals surface area contributed by atoms with Gasteiger partial charge in [0, 0.05) is 37.7 Å². The largest absolute Gasteiger partial charge is 0.304 e. The van der Waals surface area contributed by atoms with Gasteiger partial charge < -0.3 is 9.80 Å². The third-order valence-corrected chi connectivity index (χ3v) is 2.81. The second kappa shape index (κ2) is 9.19. The molecule has 0 N–H and O–H groups in total. The summed E-state index contributed by atoms with van der Waals surface area (Å²) in [4.78, 5) is 4.70. The molecule has 0 atom stereocenters. The molecule has 80 valence electrons. The Labute approximate surface area is 92.5 Å². The fourth-order valence-corrected chi connectivity index (χ4v) is 1.82. The average Bonchev–Trinajstić information content (AvgIpc) is 2.12. The van der Waals surface area contributed by atoms with Gasteiger partial charge in [-0.1, -0.05) is 0 Å². The summed E-state index contributed by atoms with van der Waals surface area (Å²) in [6.45, 7) is 4.58. The van der Waals surface area contributed by atoms with Crippen molar-refractivity contribution < 1.29 is 0 Å². The molecule has 0 aromatic heterocycles. The van der Waals surface area contributed by atoms with E-state index in [1.165, 1.54) is 12.3 Å². The molecule has 13 heavy (non-hydrogen) atoms. The lowest BCUT2D eigenvalue weighted by atomic mass is 10.5. The molecule has 0 aromatic carbocycles. The maximum absolute atomic E-state index is 4.20. The maximum Gasteiger partial charge on any atom is 0.0107 e. The Morgan fingerprint density at radius 2 is 1.54 bits per heavy atom. The fraction of sp³-hybridized carbons (Fsp3) is 1.00. The molecule has 0 bridgehead atoms. The Bertz CT molecular complexity index is 112. The number of hydrogen-bond donors (Lipinski definition) is 1. The molecule has 4 heteroatoms. The van der Waals surface area contributed by atoms with Crippen molar-refractivity contribution in [2.24, 2.45) is 0 Å². The van der Waals surface area contributed by atoms with E-state index in [2.05, 4.69) is 42.8 Å². The van der Waals surface area contributed by atoms with E-state index in [4.69, 9.17) is 0 Å². The molecule has 0 fully saturated rings. The summed E-state index contributed by atoms with van der Waals surface area (Å²) in [5.74, 6) is 2.18. The van der Waals surface area contributed by atoms with Gasteiger partial charge in [-0.25, -0.2) is 0 Å². The van der Waals surface area contributed by atoms with E-state index in [9.17, 15) is 0 Å². The zero-order valence-corrected chi connectivity index (χ0v) is 10.7. The molecule has 0 aliphatic rings. The predicted molar refractivity (Wildman–Crippen MR) is 67.2 cm³/mol. The summed E-state index contributed by atoms with van der Waals surface area (Å²) in [6.07, 6.45) is 2.15. The molecular formula is C9H22N2S2. The highest BCUT2D eigenvalue weighted by Gasteiger charge is 2.00. The van der Waals surface area contributed by atoms with Gasteiger partial charge in [-0.3, -0.25) is 0 Å². The number of nitrogens with zero attached hydrogens (tertiary/aromatic N) is 2. The van der Waals surface area contributed by atoms with Crippen molar-refractivity contribution in [1.82, 2.24) is 9.80 Å². The SMILES string of the molecule is CSCCN(C)CCN(C)CCS. The first kappa shape index (κ1) is 13.6. The Morgan fingerprint density at radius 3 is 2.00 bits per heavy atom. The standard InChI is InChI=1S/C9H22N2S2/c1-10(6-8-12)4-5-11(2)7-9-13-3/h12H,4-9H2,1-3H3. The van der Waals surface area contributed by atoms with Crippen LogP contribution in [0, 0.1) is 0 Å².